The first-order chi connectivity index (χ1) is 9.20. The SMILES string of the molecule is CS[C@H]1CCCC[C@@H]1NCc1cccc(C(=O)O)c1. The summed E-state index contributed by atoms with van der Waals surface area (Å²) in [5.74, 6) is -0.860. The average molecular weight is 279 g/mol. The summed E-state index contributed by atoms with van der Waals surface area (Å²) in [6.45, 7) is 0.753. The Morgan fingerprint density at radius 2 is 2.21 bits per heavy atom. The Morgan fingerprint density at radius 1 is 1.42 bits per heavy atom. The maximum atomic E-state index is 10.9. The predicted molar refractivity (Wildman–Crippen MR) is 79.8 cm³/mol. The largest absolute Gasteiger partial charge is 0.478 e. The molecule has 0 aliphatic heterocycles. The second-order valence-corrected chi connectivity index (χ2v) is 6.13. The van der Waals surface area contributed by atoms with Gasteiger partial charge in [-0.3, -0.25) is 0 Å². The molecule has 0 saturated heterocycles. The number of rotatable bonds is 5. The van der Waals surface area contributed by atoms with E-state index in [9.17, 15) is 4.79 Å². The highest BCUT2D eigenvalue weighted by Gasteiger charge is 2.23. The summed E-state index contributed by atoms with van der Waals surface area (Å²) >= 11 is 1.94. The van der Waals surface area contributed by atoms with Crippen molar-refractivity contribution >= 4 is 17.7 Å². The van der Waals surface area contributed by atoms with E-state index in [0.717, 1.165) is 12.1 Å². The van der Waals surface area contributed by atoms with Gasteiger partial charge < -0.3 is 10.4 Å². The molecule has 1 aromatic carbocycles. The van der Waals surface area contributed by atoms with E-state index >= 15 is 0 Å². The summed E-state index contributed by atoms with van der Waals surface area (Å²) < 4.78 is 0. The smallest absolute Gasteiger partial charge is 0.335 e. The number of carbonyl (C=O) groups is 1. The molecule has 1 aliphatic carbocycles. The molecule has 3 nitrogen and oxygen atoms in total. The van der Waals surface area contributed by atoms with E-state index in [2.05, 4.69) is 11.6 Å². The summed E-state index contributed by atoms with van der Waals surface area (Å²) in [6.07, 6.45) is 7.32. The van der Waals surface area contributed by atoms with Crippen molar-refractivity contribution in [1.82, 2.24) is 5.32 Å². The van der Waals surface area contributed by atoms with Gasteiger partial charge in [-0.2, -0.15) is 11.8 Å². The standard InChI is InChI=1S/C15H21NO2S/c1-19-14-8-3-2-7-13(14)16-10-11-5-4-6-12(9-11)15(17)18/h4-6,9,13-14,16H,2-3,7-8,10H2,1H3,(H,17,18)/t13-,14-/m0/s1. The van der Waals surface area contributed by atoms with Crippen LogP contribution in [0.2, 0.25) is 0 Å². The van der Waals surface area contributed by atoms with Gasteiger partial charge in [0, 0.05) is 17.8 Å². The molecule has 1 fully saturated rings. The Hall–Kier alpha value is -1.00. The quantitative estimate of drug-likeness (QED) is 0.869. The van der Waals surface area contributed by atoms with Gasteiger partial charge in [0.05, 0.1) is 5.56 Å². The maximum absolute atomic E-state index is 10.9. The van der Waals surface area contributed by atoms with E-state index in [-0.39, 0.29) is 0 Å². The van der Waals surface area contributed by atoms with Crippen molar-refractivity contribution in [2.24, 2.45) is 0 Å². The van der Waals surface area contributed by atoms with Crippen molar-refractivity contribution in [3.63, 3.8) is 0 Å². The van der Waals surface area contributed by atoms with E-state index < -0.39 is 5.97 Å². The molecular formula is C15H21NO2S. The summed E-state index contributed by atoms with van der Waals surface area (Å²) in [5, 5.41) is 13.3. The molecule has 19 heavy (non-hydrogen) atoms. The first-order valence-electron chi connectivity index (χ1n) is 6.79. The van der Waals surface area contributed by atoms with Gasteiger partial charge in [0.25, 0.3) is 0 Å². The van der Waals surface area contributed by atoms with Gasteiger partial charge in [-0.25, -0.2) is 4.79 Å². The van der Waals surface area contributed by atoms with E-state index in [4.69, 9.17) is 5.11 Å². The van der Waals surface area contributed by atoms with Gasteiger partial charge >= 0.3 is 5.97 Å². The van der Waals surface area contributed by atoms with Crippen LogP contribution in [0, 0.1) is 0 Å². The van der Waals surface area contributed by atoms with Crippen LogP contribution in [-0.4, -0.2) is 28.6 Å². The minimum absolute atomic E-state index is 0.365. The Bertz CT molecular complexity index is 436. The fraction of sp³-hybridized carbons (Fsp3) is 0.533. The van der Waals surface area contributed by atoms with Gasteiger partial charge in [-0.05, 0) is 36.8 Å². The Balaban J connectivity index is 1.94. The van der Waals surface area contributed by atoms with E-state index in [1.165, 1.54) is 25.7 Å². The normalized spacial score (nSPS) is 23.2. The number of hydrogen-bond acceptors (Lipinski definition) is 3. The third-order valence-corrected chi connectivity index (χ3v) is 4.92. The summed E-state index contributed by atoms with van der Waals surface area (Å²) in [7, 11) is 0. The summed E-state index contributed by atoms with van der Waals surface area (Å²) in [6, 6.07) is 7.74. The minimum atomic E-state index is -0.860. The zero-order valence-electron chi connectivity index (χ0n) is 11.3. The third kappa shape index (κ3) is 3.98. The van der Waals surface area contributed by atoms with Gasteiger partial charge in [0.15, 0.2) is 0 Å². The Kier molecular flexibility index (Phi) is 5.28. The molecule has 104 valence electrons. The molecule has 2 atom stereocenters. The topological polar surface area (TPSA) is 49.3 Å². The second kappa shape index (κ2) is 6.96. The fourth-order valence-corrected chi connectivity index (χ4v) is 3.64. The first kappa shape index (κ1) is 14.4. The van der Waals surface area contributed by atoms with Crippen molar-refractivity contribution in [3.05, 3.63) is 35.4 Å². The lowest BCUT2D eigenvalue weighted by Crippen LogP contribution is -2.39. The molecule has 0 bridgehead atoms. The van der Waals surface area contributed by atoms with Crippen molar-refractivity contribution in [1.29, 1.82) is 0 Å². The molecule has 2 N–H and O–H groups in total. The van der Waals surface area contributed by atoms with Gasteiger partial charge in [0.1, 0.15) is 0 Å². The molecule has 0 aromatic heterocycles. The predicted octanol–water partition coefficient (Wildman–Crippen LogP) is 3.15. The van der Waals surface area contributed by atoms with Crippen LogP contribution in [0.4, 0.5) is 0 Å². The molecule has 0 amide bonds. The third-order valence-electron chi connectivity index (χ3n) is 3.75. The zero-order chi connectivity index (χ0) is 13.7. The van der Waals surface area contributed by atoms with Crippen LogP contribution in [-0.2, 0) is 6.54 Å². The maximum Gasteiger partial charge on any atom is 0.335 e. The van der Waals surface area contributed by atoms with Crippen molar-refractivity contribution in [3.8, 4) is 0 Å². The molecule has 1 aromatic rings. The molecule has 0 unspecified atom stereocenters. The number of benzene rings is 1. The van der Waals surface area contributed by atoms with Crippen LogP contribution in [0.25, 0.3) is 0 Å². The van der Waals surface area contributed by atoms with Crippen molar-refractivity contribution < 1.29 is 9.90 Å². The number of thioether (sulfide) groups is 1. The highest BCUT2D eigenvalue weighted by molar-refractivity contribution is 7.99. The average Bonchev–Trinajstić information content (AvgIpc) is 2.45. The lowest BCUT2D eigenvalue weighted by Gasteiger charge is -2.31. The van der Waals surface area contributed by atoms with E-state index in [0.29, 0.717) is 16.9 Å². The molecular weight excluding hydrogens is 258 g/mol. The van der Waals surface area contributed by atoms with Gasteiger partial charge in [-0.15, -0.1) is 0 Å². The number of hydrogen-bond donors (Lipinski definition) is 2. The molecule has 2 rings (SSSR count). The van der Waals surface area contributed by atoms with Crippen LogP contribution in [0.3, 0.4) is 0 Å². The van der Waals surface area contributed by atoms with Crippen LogP contribution in [0.1, 0.15) is 41.6 Å². The molecule has 1 saturated carbocycles. The Labute approximate surface area is 118 Å². The highest BCUT2D eigenvalue weighted by atomic mass is 32.2. The lowest BCUT2D eigenvalue weighted by molar-refractivity contribution is 0.0696. The Morgan fingerprint density at radius 3 is 2.95 bits per heavy atom. The lowest BCUT2D eigenvalue weighted by atomic mass is 9.94. The van der Waals surface area contributed by atoms with Gasteiger partial charge in [-0.1, -0.05) is 25.0 Å². The number of nitrogens with one attached hydrogen (secondary N) is 1. The van der Waals surface area contributed by atoms with Crippen LogP contribution >= 0.6 is 11.8 Å². The molecule has 0 heterocycles. The summed E-state index contributed by atoms with van der Waals surface area (Å²) in [4.78, 5) is 10.9. The van der Waals surface area contributed by atoms with Crippen molar-refractivity contribution in [2.45, 2.75) is 43.5 Å². The van der Waals surface area contributed by atoms with Crippen LogP contribution in [0.5, 0.6) is 0 Å². The summed E-state index contributed by atoms with van der Waals surface area (Å²) in [5.41, 5.74) is 1.41. The second-order valence-electron chi connectivity index (χ2n) is 5.05. The molecule has 0 spiro atoms. The highest BCUT2D eigenvalue weighted by Crippen LogP contribution is 2.27. The van der Waals surface area contributed by atoms with Crippen LogP contribution < -0.4 is 5.32 Å². The number of carboxylic acid groups (broad SMARTS) is 1. The number of aromatic carboxylic acids is 1. The number of carboxylic acids is 1. The van der Waals surface area contributed by atoms with Crippen LogP contribution in [0.15, 0.2) is 24.3 Å². The molecule has 1 aliphatic rings. The van der Waals surface area contributed by atoms with E-state index in [1.54, 1.807) is 12.1 Å². The molecule has 0 radical (unpaired) electrons. The van der Waals surface area contributed by atoms with E-state index in [1.807, 2.05) is 23.9 Å². The van der Waals surface area contributed by atoms with Gasteiger partial charge in [0.2, 0.25) is 0 Å². The monoisotopic (exact) mass is 279 g/mol. The fourth-order valence-electron chi connectivity index (χ4n) is 2.68. The minimum Gasteiger partial charge on any atom is -0.478 e. The first-order valence-corrected chi connectivity index (χ1v) is 8.08. The van der Waals surface area contributed by atoms with Crippen molar-refractivity contribution in [2.75, 3.05) is 6.26 Å². The molecule has 4 heteroatoms. The zero-order valence-corrected chi connectivity index (χ0v) is 12.1.